The lowest BCUT2D eigenvalue weighted by atomic mass is 10.0. The number of ketones is 1. The second-order valence-electron chi connectivity index (χ2n) is 4.36. The van der Waals surface area contributed by atoms with Gasteiger partial charge in [-0.1, -0.05) is 36.4 Å². The Kier molecular flexibility index (Phi) is 4.07. The van der Waals surface area contributed by atoms with Gasteiger partial charge in [-0.3, -0.25) is 4.79 Å². The molecule has 0 amide bonds. The van der Waals surface area contributed by atoms with Gasteiger partial charge in [0.2, 0.25) is 0 Å². The van der Waals surface area contributed by atoms with E-state index in [0.29, 0.717) is 0 Å². The average Bonchev–Trinajstić information content (AvgIpc) is 2.41. The maximum Gasteiger partial charge on any atom is 0.163 e. The van der Waals surface area contributed by atoms with Gasteiger partial charge < -0.3 is 4.74 Å². The van der Waals surface area contributed by atoms with Crippen molar-refractivity contribution in [3.05, 3.63) is 59.9 Å². The Morgan fingerprint density at radius 1 is 1.00 bits per heavy atom. The summed E-state index contributed by atoms with van der Waals surface area (Å²) in [6, 6.07) is 13.8. The Labute approximate surface area is 111 Å². The van der Waals surface area contributed by atoms with Crippen molar-refractivity contribution in [1.82, 2.24) is 0 Å². The van der Waals surface area contributed by atoms with Crippen molar-refractivity contribution in [2.45, 2.75) is 13.0 Å². The number of hydrogen-bond donors (Lipinski definition) is 0. The van der Waals surface area contributed by atoms with Gasteiger partial charge >= 0.3 is 0 Å². The topological polar surface area (TPSA) is 26.3 Å². The molecule has 2 nitrogen and oxygen atoms in total. The molecule has 0 fully saturated rings. The molecular weight excluding hydrogens is 243 g/mol. The molecule has 0 radical (unpaired) electrons. The zero-order valence-corrected chi connectivity index (χ0v) is 10.9. The molecule has 2 rings (SSSR count). The highest BCUT2D eigenvalue weighted by Crippen LogP contribution is 2.24. The van der Waals surface area contributed by atoms with Gasteiger partial charge in [-0.05, 0) is 35.7 Å². The Morgan fingerprint density at radius 3 is 1.89 bits per heavy atom. The molecule has 19 heavy (non-hydrogen) atoms. The van der Waals surface area contributed by atoms with Gasteiger partial charge in [0.05, 0.1) is 0 Å². The van der Waals surface area contributed by atoms with Crippen LogP contribution in [0, 0.1) is 5.82 Å². The van der Waals surface area contributed by atoms with E-state index < -0.39 is 6.10 Å². The minimum atomic E-state index is -0.526. The lowest BCUT2D eigenvalue weighted by Gasteiger charge is -2.12. The molecule has 0 spiro atoms. The van der Waals surface area contributed by atoms with Crippen LogP contribution in [0.15, 0.2) is 48.5 Å². The number of ether oxygens (including phenoxy) is 1. The smallest absolute Gasteiger partial charge is 0.163 e. The van der Waals surface area contributed by atoms with Crippen LogP contribution < -0.4 is 0 Å². The average molecular weight is 258 g/mol. The molecule has 0 N–H and O–H groups in total. The SMILES string of the molecule is CO[C@@H](C(C)=O)c1ccc(-c2ccc(F)cc2)cc1. The van der Waals surface area contributed by atoms with Crippen molar-refractivity contribution in [3.8, 4) is 11.1 Å². The fourth-order valence-electron chi connectivity index (χ4n) is 2.03. The molecule has 0 saturated carbocycles. The monoisotopic (exact) mass is 258 g/mol. The molecule has 0 bridgehead atoms. The van der Waals surface area contributed by atoms with Crippen LogP contribution in [0.25, 0.3) is 11.1 Å². The highest BCUT2D eigenvalue weighted by molar-refractivity contribution is 5.82. The molecule has 0 aliphatic heterocycles. The van der Waals surface area contributed by atoms with Crippen LogP contribution in [0.2, 0.25) is 0 Å². The zero-order chi connectivity index (χ0) is 13.8. The van der Waals surface area contributed by atoms with Crippen molar-refractivity contribution in [1.29, 1.82) is 0 Å². The summed E-state index contributed by atoms with van der Waals surface area (Å²) in [4.78, 5) is 11.4. The standard InChI is InChI=1S/C16H15FO2/c1-11(18)16(19-2)14-5-3-12(4-6-14)13-7-9-15(17)10-8-13/h3-10,16H,1-2H3/t16-/m0/s1. The maximum absolute atomic E-state index is 12.9. The van der Waals surface area contributed by atoms with Crippen LogP contribution in [0.1, 0.15) is 18.6 Å². The van der Waals surface area contributed by atoms with Gasteiger partial charge in [-0.15, -0.1) is 0 Å². The number of carbonyl (C=O) groups excluding carboxylic acids is 1. The first-order valence-corrected chi connectivity index (χ1v) is 6.01. The van der Waals surface area contributed by atoms with Gasteiger partial charge in [-0.2, -0.15) is 0 Å². The lowest BCUT2D eigenvalue weighted by molar-refractivity contribution is -0.126. The van der Waals surface area contributed by atoms with Crippen LogP contribution in [0.4, 0.5) is 4.39 Å². The van der Waals surface area contributed by atoms with Crippen LogP contribution in [-0.4, -0.2) is 12.9 Å². The summed E-state index contributed by atoms with van der Waals surface area (Å²) < 4.78 is 18.0. The molecule has 2 aromatic rings. The van der Waals surface area contributed by atoms with Crippen molar-refractivity contribution >= 4 is 5.78 Å². The number of carbonyl (C=O) groups is 1. The minimum Gasteiger partial charge on any atom is -0.369 e. The highest BCUT2D eigenvalue weighted by Gasteiger charge is 2.15. The second-order valence-corrected chi connectivity index (χ2v) is 4.36. The van der Waals surface area contributed by atoms with E-state index in [9.17, 15) is 9.18 Å². The van der Waals surface area contributed by atoms with E-state index in [1.165, 1.54) is 26.2 Å². The molecule has 2 aromatic carbocycles. The second kappa shape index (κ2) is 5.76. The highest BCUT2D eigenvalue weighted by atomic mass is 19.1. The lowest BCUT2D eigenvalue weighted by Crippen LogP contribution is -2.10. The van der Waals surface area contributed by atoms with Crippen molar-refractivity contribution in [3.63, 3.8) is 0 Å². The van der Waals surface area contributed by atoms with Gasteiger partial charge in [0, 0.05) is 7.11 Å². The Balaban J connectivity index is 2.27. The van der Waals surface area contributed by atoms with E-state index >= 15 is 0 Å². The molecule has 3 heteroatoms. The number of halogens is 1. The first-order chi connectivity index (χ1) is 9.11. The first-order valence-electron chi connectivity index (χ1n) is 6.01. The van der Waals surface area contributed by atoms with E-state index in [1.807, 2.05) is 24.3 Å². The molecule has 0 unspecified atom stereocenters. The summed E-state index contributed by atoms with van der Waals surface area (Å²) in [6.07, 6.45) is -0.526. The predicted molar refractivity (Wildman–Crippen MR) is 72.3 cm³/mol. The van der Waals surface area contributed by atoms with E-state index in [0.717, 1.165) is 16.7 Å². The quantitative estimate of drug-likeness (QED) is 0.834. The summed E-state index contributed by atoms with van der Waals surface area (Å²) in [6.45, 7) is 1.50. The third kappa shape index (κ3) is 3.06. The van der Waals surface area contributed by atoms with Crippen LogP contribution >= 0.6 is 0 Å². The third-order valence-corrected chi connectivity index (χ3v) is 3.00. The molecule has 1 atom stereocenters. The van der Waals surface area contributed by atoms with Crippen molar-refractivity contribution in [2.24, 2.45) is 0 Å². The van der Waals surface area contributed by atoms with E-state index in [2.05, 4.69) is 0 Å². The molecule has 0 heterocycles. The fraction of sp³-hybridized carbons (Fsp3) is 0.188. The van der Waals surface area contributed by atoms with Gasteiger partial charge in [0.15, 0.2) is 5.78 Å². The summed E-state index contributed by atoms with van der Waals surface area (Å²) in [5.41, 5.74) is 2.73. The molecule has 0 aliphatic carbocycles. The normalized spacial score (nSPS) is 12.2. The predicted octanol–water partition coefficient (Wildman–Crippen LogP) is 3.77. The molecular formula is C16H15FO2. The maximum atomic E-state index is 12.9. The fourth-order valence-corrected chi connectivity index (χ4v) is 2.03. The third-order valence-electron chi connectivity index (χ3n) is 3.00. The number of rotatable bonds is 4. The molecule has 0 aliphatic rings. The summed E-state index contributed by atoms with van der Waals surface area (Å²) in [5.74, 6) is -0.284. The number of Topliss-reactive ketones (excluding diaryl/α,β-unsaturated/α-hetero) is 1. The van der Waals surface area contributed by atoms with Crippen molar-refractivity contribution in [2.75, 3.05) is 7.11 Å². The summed E-state index contributed by atoms with van der Waals surface area (Å²) in [7, 11) is 1.51. The molecule has 0 aromatic heterocycles. The van der Waals surface area contributed by atoms with Crippen molar-refractivity contribution < 1.29 is 13.9 Å². The van der Waals surface area contributed by atoms with E-state index in [-0.39, 0.29) is 11.6 Å². The first kappa shape index (κ1) is 13.4. The number of benzene rings is 2. The molecule has 98 valence electrons. The van der Waals surface area contributed by atoms with Crippen LogP contribution in [0.5, 0.6) is 0 Å². The van der Waals surface area contributed by atoms with Crippen LogP contribution in [0.3, 0.4) is 0 Å². The van der Waals surface area contributed by atoms with Crippen LogP contribution in [-0.2, 0) is 9.53 Å². The minimum absolute atomic E-state index is 0.0305. The number of methoxy groups -OCH3 is 1. The summed E-state index contributed by atoms with van der Waals surface area (Å²) in [5, 5.41) is 0. The van der Waals surface area contributed by atoms with Gasteiger partial charge in [-0.25, -0.2) is 4.39 Å². The largest absolute Gasteiger partial charge is 0.369 e. The Bertz CT molecular complexity index is 558. The Hall–Kier alpha value is -2.00. The van der Waals surface area contributed by atoms with E-state index in [1.54, 1.807) is 12.1 Å². The summed E-state index contributed by atoms with van der Waals surface area (Å²) >= 11 is 0. The number of hydrogen-bond acceptors (Lipinski definition) is 2. The van der Waals surface area contributed by atoms with Gasteiger partial charge in [0.1, 0.15) is 11.9 Å². The Morgan fingerprint density at radius 2 is 1.47 bits per heavy atom. The van der Waals surface area contributed by atoms with Gasteiger partial charge in [0.25, 0.3) is 0 Å². The van der Waals surface area contributed by atoms with E-state index in [4.69, 9.17) is 4.74 Å². The zero-order valence-electron chi connectivity index (χ0n) is 10.9. The molecule has 0 saturated heterocycles.